The summed E-state index contributed by atoms with van der Waals surface area (Å²) in [6.45, 7) is 0. The number of halogens is 1. The zero-order valence-corrected chi connectivity index (χ0v) is 9.48. The molecule has 0 saturated carbocycles. The van der Waals surface area contributed by atoms with Gasteiger partial charge < -0.3 is 9.84 Å². The molecule has 2 nitrogen and oxygen atoms in total. The van der Waals surface area contributed by atoms with E-state index in [1.165, 1.54) is 13.2 Å². The molecule has 0 aliphatic heterocycles. The Morgan fingerprint density at radius 1 is 1.06 bits per heavy atom. The van der Waals surface area contributed by atoms with Gasteiger partial charge in [-0.1, -0.05) is 18.2 Å². The van der Waals surface area contributed by atoms with Crippen molar-refractivity contribution >= 4 is 0 Å². The summed E-state index contributed by atoms with van der Waals surface area (Å²) in [6.07, 6.45) is 0.626. The molecule has 2 rings (SSSR count). The summed E-state index contributed by atoms with van der Waals surface area (Å²) in [5.41, 5.74) is 1.89. The maximum Gasteiger partial charge on any atom is 0.165 e. The Bertz CT molecular complexity index is 506. The number of hydrogen-bond acceptors (Lipinski definition) is 2. The highest BCUT2D eigenvalue weighted by molar-refractivity contribution is 5.34. The molecule has 0 radical (unpaired) electrons. The predicted octanol–water partition coefficient (Wildman–Crippen LogP) is 3.13. The van der Waals surface area contributed by atoms with Crippen molar-refractivity contribution in [2.45, 2.75) is 6.42 Å². The van der Waals surface area contributed by atoms with E-state index in [-0.39, 0.29) is 17.3 Å². The monoisotopic (exact) mass is 232 g/mol. The second-order valence-electron chi connectivity index (χ2n) is 3.81. The summed E-state index contributed by atoms with van der Waals surface area (Å²) in [6, 6.07) is 11.8. The van der Waals surface area contributed by atoms with Crippen molar-refractivity contribution in [1.29, 1.82) is 0 Å². The van der Waals surface area contributed by atoms with Gasteiger partial charge in [-0.25, -0.2) is 4.39 Å². The zero-order valence-electron chi connectivity index (χ0n) is 9.48. The first-order valence-electron chi connectivity index (χ1n) is 5.29. The van der Waals surface area contributed by atoms with Gasteiger partial charge in [0.25, 0.3) is 0 Å². The quantitative estimate of drug-likeness (QED) is 0.881. The maximum atomic E-state index is 13.5. The second kappa shape index (κ2) is 4.87. The van der Waals surface area contributed by atoms with Crippen molar-refractivity contribution in [2.24, 2.45) is 0 Å². The van der Waals surface area contributed by atoms with Crippen LogP contribution in [0.25, 0.3) is 0 Å². The molecule has 2 aromatic rings. The highest BCUT2D eigenvalue weighted by Crippen LogP contribution is 2.20. The van der Waals surface area contributed by atoms with Crippen molar-refractivity contribution in [2.75, 3.05) is 7.11 Å². The molecule has 0 spiro atoms. The first-order chi connectivity index (χ1) is 8.19. The normalized spacial score (nSPS) is 10.2. The second-order valence-corrected chi connectivity index (χ2v) is 3.81. The summed E-state index contributed by atoms with van der Waals surface area (Å²) < 4.78 is 18.3. The van der Waals surface area contributed by atoms with E-state index in [1.54, 1.807) is 18.2 Å². The van der Waals surface area contributed by atoms with E-state index in [4.69, 9.17) is 9.84 Å². The lowest BCUT2D eigenvalue weighted by atomic mass is 10.0. The minimum atomic E-state index is -0.358. The number of aromatic hydroxyl groups is 1. The Labute approximate surface area is 99.3 Å². The van der Waals surface area contributed by atoms with Gasteiger partial charge in [-0.15, -0.1) is 0 Å². The SMILES string of the molecule is COc1ccc(Cc2ccc(O)cc2)cc1F. The standard InChI is InChI=1S/C14H13FO2/c1-17-14-7-4-11(9-13(14)15)8-10-2-5-12(16)6-3-10/h2-7,9,16H,8H2,1H3. The smallest absolute Gasteiger partial charge is 0.165 e. The number of methoxy groups -OCH3 is 1. The summed E-state index contributed by atoms with van der Waals surface area (Å²) in [5, 5.41) is 9.16. The zero-order chi connectivity index (χ0) is 12.3. The fourth-order valence-corrected chi connectivity index (χ4v) is 1.67. The average Bonchev–Trinajstić information content (AvgIpc) is 2.32. The fraction of sp³-hybridized carbons (Fsp3) is 0.143. The van der Waals surface area contributed by atoms with Crippen molar-refractivity contribution < 1.29 is 14.2 Å². The van der Waals surface area contributed by atoms with Crippen LogP contribution >= 0.6 is 0 Å². The molecular formula is C14H13FO2. The van der Waals surface area contributed by atoms with Crippen LogP contribution in [0.15, 0.2) is 42.5 Å². The van der Waals surface area contributed by atoms with Gasteiger partial charge >= 0.3 is 0 Å². The Morgan fingerprint density at radius 2 is 1.71 bits per heavy atom. The Hall–Kier alpha value is -2.03. The number of phenols is 1. The molecule has 17 heavy (non-hydrogen) atoms. The fourth-order valence-electron chi connectivity index (χ4n) is 1.67. The Balaban J connectivity index is 2.19. The predicted molar refractivity (Wildman–Crippen MR) is 63.9 cm³/mol. The lowest BCUT2D eigenvalue weighted by Gasteiger charge is -2.05. The maximum absolute atomic E-state index is 13.5. The minimum absolute atomic E-state index is 0.231. The molecule has 2 aromatic carbocycles. The minimum Gasteiger partial charge on any atom is -0.508 e. The van der Waals surface area contributed by atoms with Crippen molar-refractivity contribution in [3.63, 3.8) is 0 Å². The number of phenolic OH excluding ortho intramolecular Hbond substituents is 1. The first-order valence-corrected chi connectivity index (χ1v) is 5.29. The van der Waals surface area contributed by atoms with Crippen LogP contribution in [0.1, 0.15) is 11.1 Å². The van der Waals surface area contributed by atoms with Gasteiger partial charge in [0.15, 0.2) is 11.6 Å². The van der Waals surface area contributed by atoms with E-state index in [1.807, 2.05) is 18.2 Å². The molecule has 3 heteroatoms. The summed E-state index contributed by atoms with van der Waals surface area (Å²) in [4.78, 5) is 0. The largest absolute Gasteiger partial charge is 0.508 e. The van der Waals surface area contributed by atoms with Crippen LogP contribution in [0.5, 0.6) is 11.5 Å². The molecule has 0 unspecified atom stereocenters. The van der Waals surface area contributed by atoms with E-state index in [9.17, 15) is 4.39 Å². The van der Waals surface area contributed by atoms with E-state index in [2.05, 4.69) is 0 Å². The molecule has 0 saturated heterocycles. The van der Waals surface area contributed by atoms with Gasteiger partial charge in [-0.3, -0.25) is 0 Å². The molecule has 0 bridgehead atoms. The molecule has 1 N–H and O–H groups in total. The lowest BCUT2D eigenvalue weighted by molar-refractivity contribution is 0.386. The third kappa shape index (κ3) is 2.75. The summed E-state index contributed by atoms with van der Waals surface area (Å²) in [5.74, 6) is 0.123. The molecule has 0 heterocycles. The molecule has 0 aliphatic carbocycles. The molecule has 0 amide bonds. The van der Waals surface area contributed by atoms with Gasteiger partial charge in [0.1, 0.15) is 5.75 Å². The summed E-state index contributed by atoms with van der Waals surface area (Å²) in [7, 11) is 1.44. The summed E-state index contributed by atoms with van der Waals surface area (Å²) >= 11 is 0. The van der Waals surface area contributed by atoms with Crippen LogP contribution in [0.2, 0.25) is 0 Å². The van der Waals surface area contributed by atoms with Crippen LogP contribution in [0, 0.1) is 5.82 Å². The first kappa shape index (κ1) is 11.5. The van der Waals surface area contributed by atoms with Crippen LogP contribution in [0.3, 0.4) is 0 Å². The van der Waals surface area contributed by atoms with Crippen molar-refractivity contribution in [1.82, 2.24) is 0 Å². The molecule has 88 valence electrons. The van der Waals surface area contributed by atoms with Crippen molar-refractivity contribution in [3.8, 4) is 11.5 Å². The van der Waals surface area contributed by atoms with Crippen molar-refractivity contribution in [3.05, 3.63) is 59.4 Å². The molecule has 0 atom stereocenters. The number of benzene rings is 2. The topological polar surface area (TPSA) is 29.5 Å². The van der Waals surface area contributed by atoms with E-state index in [0.29, 0.717) is 6.42 Å². The molecule has 0 fully saturated rings. The third-order valence-corrected chi connectivity index (χ3v) is 2.56. The highest BCUT2D eigenvalue weighted by atomic mass is 19.1. The Morgan fingerprint density at radius 3 is 2.29 bits per heavy atom. The van der Waals surface area contributed by atoms with Crippen LogP contribution in [-0.2, 0) is 6.42 Å². The average molecular weight is 232 g/mol. The van der Waals surface area contributed by atoms with E-state index in [0.717, 1.165) is 11.1 Å². The number of hydrogen-bond donors (Lipinski definition) is 1. The van der Waals surface area contributed by atoms with Crippen LogP contribution in [-0.4, -0.2) is 12.2 Å². The highest BCUT2D eigenvalue weighted by Gasteiger charge is 2.04. The van der Waals surface area contributed by atoms with Gasteiger partial charge in [0.05, 0.1) is 7.11 Å². The molecule has 0 aromatic heterocycles. The van der Waals surface area contributed by atoms with Gasteiger partial charge in [0.2, 0.25) is 0 Å². The third-order valence-electron chi connectivity index (χ3n) is 2.56. The van der Waals surface area contributed by atoms with Gasteiger partial charge in [-0.05, 0) is 41.8 Å². The number of rotatable bonds is 3. The molecule has 0 aliphatic rings. The van der Waals surface area contributed by atoms with Gasteiger partial charge in [-0.2, -0.15) is 0 Å². The number of ether oxygens (including phenoxy) is 1. The van der Waals surface area contributed by atoms with E-state index >= 15 is 0 Å². The van der Waals surface area contributed by atoms with Crippen LogP contribution in [0.4, 0.5) is 4.39 Å². The van der Waals surface area contributed by atoms with Gasteiger partial charge in [0, 0.05) is 0 Å². The van der Waals surface area contributed by atoms with E-state index < -0.39 is 0 Å². The van der Waals surface area contributed by atoms with Crippen LogP contribution < -0.4 is 4.74 Å². The molecular weight excluding hydrogens is 219 g/mol. The Kier molecular flexibility index (Phi) is 3.28. The lowest BCUT2D eigenvalue weighted by Crippen LogP contribution is -1.92.